The van der Waals surface area contributed by atoms with E-state index in [4.69, 9.17) is 31.3 Å². The number of nitrogens with two attached hydrogens (primary N) is 1. The summed E-state index contributed by atoms with van der Waals surface area (Å²) in [7, 11) is 1.59. The van der Waals surface area contributed by atoms with Gasteiger partial charge in [0, 0.05) is 0 Å². The highest BCUT2D eigenvalue weighted by Gasteiger charge is 2.25. The zero-order chi connectivity index (χ0) is 15.5. The van der Waals surface area contributed by atoms with Gasteiger partial charge in [-0.2, -0.15) is 4.98 Å². The molecule has 2 aromatic rings. The molecule has 2 N–H and O–H groups in total. The molecular formula is C15H18ClN3O3. The molecule has 1 aromatic heterocycles. The van der Waals surface area contributed by atoms with Crippen molar-refractivity contribution in [1.29, 1.82) is 0 Å². The van der Waals surface area contributed by atoms with Crippen molar-refractivity contribution in [3.05, 3.63) is 23.0 Å². The van der Waals surface area contributed by atoms with Crippen LogP contribution in [0.5, 0.6) is 11.5 Å². The fraction of sp³-hybridized carbons (Fsp3) is 0.467. The Morgan fingerprint density at radius 3 is 2.77 bits per heavy atom. The van der Waals surface area contributed by atoms with Gasteiger partial charge >= 0.3 is 0 Å². The van der Waals surface area contributed by atoms with Crippen LogP contribution in [-0.2, 0) is 6.54 Å². The lowest BCUT2D eigenvalue weighted by atomic mass is 10.1. The summed E-state index contributed by atoms with van der Waals surface area (Å²) >= 11 is 6.34. The number of methoxy groups -OCH3 is 1. The van der Waals surface area contributed by atoms with Gasteiger partial charge < -0.3 is 19.7 Å². The maximum absolute atomic E-state index is 6.34. The third-order valence-electron chi connectivity index (χ3n) is 3.74. The van der Waals surface area contributed by atoms with Crippen molar-refractivity contribution < 1.29 is 14.0 Å². The molecule has 0 unspecified atom stereocenters. The first-order valence-electron chi connectivity index (χ1n) is 7.29. The van der Waals surface area contributed by atoms with E-state index in [2.05, 4.69) is 10.1 Å². The van der Waals surface area contributed by atoms with Gasteiger partial charge in [0.2, 0.25) is 11.7 Å². The van der Waals surface area contributed by atoms with Crippen LogP contribution >= 0.6 is 11.6 Å². The second-order valence-electron chi connectivity index (χ2n) is 5.19. The van der Waals surface area contributed by atoms with E-state index in [1.54, 1.807) is 19.2 Å². The molecule has 1 aliphatic carbocycles. The number of benzene rings is 1. The van der Waals surface area contributed by atoms with Gasteiger partial charge in [0.1, 0.15) is 0 Å². The number of hydrogen-bond acceptors (Lipinski definition) is 6. The highest BCUT2D eigenvalue weighted by molar-refractivity contribution is 6.33. The molecule has 1 aromatic carbocycles. The van der Waals surface area contributed by atoms with Gasteiger partial charge in [-0.15, -0.1) is 0 Å². The maximum Gasteiger partial charge on any atom is 0.240 e. The minimum Gasteiger partial charge on any atom is -0.493 e. The lowest BCUT2D eigenvalue weighted by Gasteiger charge is -2.18. The topological polar surface area (TPSA) is 83.4 Å². The average molecular weight is 324 g/mol. The molecule has 0 amide bonds. The van der Waals surface area contributed by atoms with Crippen molar-refractivity contribution in [2.45, 2.75) is 38.3 Å². The Hall–Kier alpha value is -1.79. The summed E-state index contributed by atoms with van der Waals surface area (Å²) in [5.74, 6) is 1.87. The van der Waals surface area contributed by atoms with Gasteiger partial charge in [-0.05, 0) is 37.8 Å². The summed E-state index contributed by atoms with van der Waals surface area (Å²) in [5.41, 5.74) is 6.10. The van der Waals surface area contributed by atoms with Gasteiger partial charge in [0.15, 0.2) is 11.5 Å². The number of halogens is 1. The number of ether oxygens (including phenoxy) is 2. The fourth-order valence-corrected chi connectivity index (χ4v) is 2.87. The molecule has 1 aliphatic rings. The molecule has 1 fully saturated rings. The largest absolute Gasteiger partial charge is 0.493 e. The van der Waals surface area contributed by atoms with Crippen molar-refractivity contribution in [2.75, 3.05) is 7.11 Å². The number of aromatic nitrogens is 2. The molecule has 0 spiro atoms. The van der Waals surface area contributed by atoms with Crippen LogP contribution in [0, 0.1) is 0 Å². The number of rotatable bonds is 5. The van der Waals surface area contributed by atoms with E-state index in [0.29, 0.717) is 33.8 Å². The monoisotopic (exact) mass is 323 g/mol. The molecule has 0 radical (unpaired) electrons. The minimum atomic E-state index is 0.159. The first kappa shape index (κ1) is 15.1. The van der Waals surface area contributed by atoms with E-state index in [1.807, 2.05) is 0 Å². The van der Waals surface area contributed by atoms with Crippen molar-refractivity contribution in [2.24, 2.45) is 5.73 Å². The summed E-state index contributed by atoms with van der Waals surface area (Å²) in [6.45, 7) is 0.174. The molecule has 0 bridgehead atoms. The zero-order valence-corrected chi connectivity index (χ0v) is 13.1. The summed E-state index contributed by atoms with van der Waals surface area (Å²) in [6, 6.07) is 3.51. The zero-order valence-electron chi connectivity index (χ0n) is 12.3. The highest BCUT2D eigenvalue weighted by Crippen LogP contribution is 2.43. The Labute approximate surface area is 133 Å². The second-order valence-corrected chi connectivity index (χ2v) is 5.60. The first-order valence-corrected chi connectivity index (χ1v) is 7.67. The summed E-state index contributed by atoms with van der Waals surface area (Å²) in [4.78, 5) is 4.25. The SMILES string of the molecule is COc1ccc(Cl)c(-c2noc(CN)n2)c1OC1CCCC1. The van der Waals surface area contributed by atoms with Crippen molar-refractivity contribution in [1.82, 2.24) is 10.1 Å². The van der Waals surface area contributed by atoms with Gasteiger partial charge in [-0.25, -0.2) is 0 Å². The smallest absolute Gasteiger partial charge is 0.240 e. The van der Waals surface area contributed by atoms with Crippen LogP contribution in [0.2, 0.25) is 5.02 Å². The Morgan fingerprint density at radius 1 is 1.36 bits per heavy atom. The molecule has 6 nitrogen and oxygen atoms in total. The standard InChI is InChI=1S/C15H18ClN3O3/c1-20-11-7-6-10(16)13(15-18-12(8-17)22-19-15)14(11)21-9-4-2-3-5-9/h6-7,9H,2-5,8,17H2,1H3. The van der Waals surface area contributed by atoms with Crippen LogP contribution < -0.4 is 15.2 Å². The molecule has 7 heteroatoms. The summed E-state index contributed by atoms with van der Waals surface area (Å²) in [6.07, 6.45) is 4.54. The molecule has 118 valence electrons. The van der Waals surface area contributed by atoms with Gasteiger partial charge in [-0.3, -0.25) is 0 Å². The summed E-state index contributed by atoms with van der Waals surface area (Å²) in [5, 5.41) is 4.43. The Kier molecular flexibility index (Phi) is 4.49. The average Bonchev–Trinajstić information content (AvgIpc) is 3.19. The van der Waals surface area contributed by atoms with Gasteiger partial charge in [0.25, 0.3) is 0 Å². The van der Waals surface area contributed by atoms with Crippen LogP contribution in [0.15, 0.2) is 16.7 Å². The van der Waals surface area contributed by atoms with Crippen LogP contribution in [0.3, 0.4) is 0 Å². The molecule has 22 heavy (non-hydrogen) atoms. The van der Waals surface area contributed by atoms with Crippen molar-refractivity contribution in [3.63, 3.8) is 0 Å². The Balaban J connectivity index is 2.05. The third kappa shape index (κ3) is 2.89. The van der Waals surface area contributed by atoms with Crippen LogP contribution in [0.1, 0.15) is 31.6 Å². The van der Waals surface area contributed by atoms with E-state index >= 15 is 0 Å². The van der Waals surface area contributed by atoms with Gasteiger partial charge in [0.05, 0.1) is 30.3 Å². The molecule has 0 atom stereocenters. The molecule has 1 heterocycles. The maximum atomic E-state index is 6.34. The fourth-order valence-electron chi connectivity index (χ4n) is 2.64. The molecule has 0 aliphatic heterocycles. The third-order valence-corrected chi connectivity index (χ3v) is 4.06. The van der Waals surface area contributed by atoms with Gasteiger partial charge in [-0.1, -0.05) is 16.8 Å². The lowest BCUT2D eigenvalue weighted by molar-refractivity contribution is 0.201. The number of hydrogen-bond donors (Lipinski definition) is 1. The van der Waals surface area contributed by atoms with Crippen LogP contribution in [0.25, 0.3) is 11.4 Å². The quantitative estimate of drug-likeness (QED) is 0.909. The summed E-state index contributed by atoms with van der Waals surface area (Å²) < 4.78 is 16.6. The normalized spacial score (nSPS) is 15.2. The predicted octanol–water partition coefficient (Wildman–Crippen LogP) is 3.18. The lowest BCUT2D eigenvalue weighted by Crippen LogP contribution is -2.12. The predicted molar refractivity (Wildman–Crippen MR) is 82.1 cm³/mol. The highest BCUT2D eigenvalue weighted by atomic mass is 35.5. The molecule has 1 saturated carbocycles. The molecule has 0 saturated heterocycles. The minimum absolute atomic E-state index is 0.159. The van der Waals surface area contributed by atoms with Crippen molar-refractivity contribution >= 4 is 11.6 Å². The van der Waals surface area contributed by atoms with E-state index < -0.39 is 0 Å². The Morgan fingerprint density at radius 2 is 2.14 bits per heavy atom. The van der Waals surface area contributed by atoms with E-state index in [0.717, 1.165) is 12.8 Å². The van der Waals surface area contributed by atoms with Crippen LogP contribution in [0.4, 0.5) is 0 Å². The molecular weight excluding hydrogens is 306 g/mol. The van der Waals surface area contributed by atoms with Crippen LogP contribution in [-0.4, -0.2) is 23.4 Å². The molecule has 3 rings (SSSR count). The van der Waals surface area contributed by atoms with E-state index in [9.17, 15) is 0 Å². The van der Waals surface area contributed by atoms with E-state index in [1.165, 1.54) is 12.8 Å². The second kappa shape index (κ2) is 6.54. The van der Waals surface area contributed by atoms with E-state index in [-0.39, 0.29) is 12.6 Å². The Bertz CT molecular complexity index is 653. The first-order chi connectivity index (χ1) is 10.7. The van der Waals surface area contributed by atoms with Crippen molar-refractivity contribution in [3.8, 4) is 22.9 Å². The number of nitrogens with zero attached hydrogens (tertiary/aromatic N) is 2.